The molecule has 0 spiro atoms. The van der Waals surface area contributed by atoms with Crippen LogP contribution in [0.15, 0.2) is 60.3 Å². The predicted octanol–water partition coefficient (Wildman–Crippen LogP) is 4.72. The Hall–Kier alpha value is -2.57. The monoisotopic (exact) mass is 407 g/mol. The molecule has 3 nitrogen and oxygen atoms in total. The molecule has 23 heavy (non-hydrogen) atoms. The van der Waals surface area contributed by atoms with Crippen molar-refractivity contribution in [3.05, 3.63) is 75.0 Å². The summed E-state index contributed by atoms with van der Waals surface area (Å²) in [7, 11) is 0. The number of hydrogen-bond acceptors (Lipinski definition) is 2. The van der Waals surface area contributed by atoms with Gasteiger partial charge in [0.15, 0.2) is 0 Å². The van der Waals surface area contributed by atoms with E-state index in [1.54, 1.807) is 6.08 Å². The van der Waals surface area contributed by atoms with Crippen LogP contribution >= 0.6 is 22.6 Å². The Balaban J connectivity index is 2.08. The summed E-state index contributed by atoms with van der Waals surface area (Å²) in [6, 6.07) is 20.3. The predicted molar refractivity (Wildman–Crippen MR) is 99.4 cm³/mol. The van der Waals surface area contributed by atoms with E-state index >= 15 is 0 Å². The molecule has 0 saturated carbocycles. The molecule has 1 aromatic heterocycles. The highest BCUT2D eigenvalue weighted by atomic mass is 125. The van der Waals surface area contributed by atoms with Gasteiger partial charge in [-0.25, -0.2) is 0 Å². The molecule has 2 aromatic carbocycles. The van der Waals surface area contributed by atoms with Crippen LogP contribution in [0.1, 0.15) is 11.1 Å². The van der Waals surface area contributed by atoms with Crippen LogP contribution in [0.25, 0.3) is 17.0 Å². The van der Waals surface area contributed by atoms with E-state index in [1.807, 2.05) is 36.5 Å². The Bertz CT molecular complexity index is 951. The fourth-order valence-corrected chi connectivity index (χ4v) is 2.91. The number of hydrogen-bond donors (Lipinski definition) is 0. The lowest BCUT2D eigenvalue weighted by molar-refractivity contribution is 0.836. The zero-order valence-electron chi connectivity index (χ0n) is 12.2. The van der Waals surface area contributed by atoms with Gasteiger partial charge >= 0.3 is 0 Å². The standard InChI is InChI=1S/C19H12IN3/c20-17-7-5-14(6-8-17)12-23-13-16(9-15(10-21)11-22)18-3-1-2-4-19(18)23/h1-9,13H,12H2/i20-2. The van der Waals surface area contributed by atoms with Gasteiger partial charge in [-0.05, 0) is 52.4 Å². The second kappa shape index (κ2) is 6.68. The first-order valence-electron chi connectivity index (χ1n) is 7.05. The summed E-state index contributed by atoms with van der Waals surface area (Å²) in [5.41, 5.74) is 3.31. The summed E-state index contributed by atoms with van der Waals surface area (Å²) in [4.78, 5) is 0. The smallest absolute Gasteiger partial charge is 0.130 e. The minimum atomic E-state index is 0.113. The minimum absolute atomic E-state index is 0.113. The largest absolute Gasteiger partial charge is 0.342 e. The molecular formula is C19H12IN3. The van der Waals surface area contributed by atoms with Gasteiger partial charge in [-0.3, -0.25) is 0 Å². The zero-order chi connectivity index (χ0) is 16.2. The van der Waals surface area contributed by atoms with Gasteiger partial charge in [-0.2, -0.15) is 10.5 Å². The van der Waals surface area contributed by atoms with Gasteiger partial charge < -0.3 is 4.57 Å². The first kappa shape index (κ1) is 15.3. The van der Waals surface area contributed by atoms with Crippen LogP contribution in [0, 0.1) is 26.2 Å². The van der Waals surface area contributed by atoms with E-state index in [-0.39, 0.29) is 5.57 Å². The van der Waals surface area contributed by atoms with E-state index in [2.05, 4.69) is 57.5 Å². The molecule has 0 atom stereocenters. The number of para-hydroxylation sites is 1. The summed E-state index contributed by atoms with van der Waals surface area (Å²) in [6.07, 6.45) is 3.64. The lowest BCUT2D eigenvalue weighted by Gasteiger charge is -2.05. The third-order valence-corrected chi connectivity index (χ3v) is 4.35. The molecule has 0 aliphatic carbocycles. The summed E-state index contributed by atoms with van der Waals surface area (Å²) >= 11 is 2.29. The van der Waals surface area contributed by atoms with Crippen LogP contribution in [0.4, 0.5) is 0 Å². The Labute approximate surface area is 148 Å². The van der Waals surface area contributed by atoms with E-state index in [0.29, 0.717) is 0 Å². The molecule has 1 heterocycles. The number of fused-ring (bicyclic) bond motifs is 1. The van der Waals surface area contributed by atoms with Crippen LogP contribution in [0.2, 0.25) is 0 Å². The summed E-state index contributed by atoms with van der Waals surface area (Å²) in [6.45, 7) is 0.750. The van der Waals surface area contributed by atoms with Gasteiger partial charge in [-0.15, -0.1) is 0 Å². The average Bonchev–Trinajstić information content (AvgIpc) is 2.92. The highest BCUT2D eigenvalue weighted by Gasteiger charge is 2.08. The summed E-state index contributed by atoms with van der Waals surface area (Å²) < 4.78 is 3.36. The van der Waals surface area contributed by atoms with Crippen molar-refractivity contribution >= 4 is 39.6 Å². The molecule has 0 bridgehead atoms. The number of aromatic nitrogens is 1. The van der Waals surface area contributed by atoms with Crippen molar-refractivity contribution in [2.75, 3.05) is 0 Å². The molecule has 0 aliphatic rings. The Morgan fingerprint density at radius 3 is 2.43 bits per heavy atom. The van der Waals surface area contributed by atoms with Gasteiger partial charge in [0.1, 0.15) is 17.7 Å². The van der Waals surface area contributed by atoms with Gasteiger partial charge in [0, 0.05) is 32.8 Å². The number of nitriles is 2. The second-order valence-corrected chi connectivity index (χ2v) is 6.38. The molecule has 0 N–H and O–H groups in total. The molecule has 0 saturated heterocycles. The fraction of sp³-hybridized carbons (Fsp3) is 0.0526. The molecule has 3 aromatic rings. The molecule has 0 unspecified atom stereocenters. The van der Waals surface area contributed by atoms with Crippen molar-refractivity contribution in [2.24, 2.45) is 0 Å². The van der Waals surface area contributed by atoms with Crippen LogP contribution in [0.5, 0.6) is 0 Å². The maximum atomic E-state index is 8.98. The van der Waals surface area contributed by atoms with E-state index < -0.39 is 0 Å². The van der Waals surface area contributed by atoms with Gasteiger partial charge in [0.2, 0.25) is 0 Å². The first-order chi connectivity index (χ1) is 11.2. The molecular weight excluding hydrogens is 395 g/mol. The van der Waals surface area contributed by atoms with Crippen LogP contribution in [-0.4, -0.2) is 4.57 Å². The van der Waals surface area contributed by atoms with E-state index in [0.717, 1.165) is 23.0 Å². The third kappa shape index (κ3) is 3.28. The van der Waals surface area contributed by atoms with E-state index in [9.17, 15) is 0 Å². The number of rotatable bonds is 3. The summed E-state index contributed by atoms with van der Waals surface area (Å²) in [5, 5.41) is 19.0. The second-order valence-electron chi connectivity index (χ2n) is 5.14. The molecule has 0 amide bonds. The summed E-state index contributed by atoms with van der Waals surface area (Å²) in [5.74, 6) is 0. The zero-order valence-corrected chi connectivity index (χ0v) is 14.4. The van der Waals surface area contributed by atoms with Crippen molar-refractivity contribution in [1.82, 2.24) is 4.57 Å². The van der Waals surface area contributed by atoms with Gasteiger partial charge in [0.25, 0.3) is 0 Å². The Morgan fingerprint density at radius 1 is 1.04 bits per heavy atom. The minimum Gasteiger partial charge on any atom is -0.342 e. The third-order valence-electron chi connectivity index (χ3n) is 3.63. The number of benzene rings is 2. The first-order valence-corrected chi connectivity index (χ1v) is 8.13. The molecule has 0 radical (unpaired) electrons. The van der Waals surface area contributed by atoms with Crippen molar-refractivity contribution < 1.29 is 0 Å². The normalized spacial score (nSPS) is 10.0. The topological polar surface area (TPSA) is 52.5 Å². The van der Waals surface area contributed by atoms with Crippen molar-refractivity contribution in [2.45, 2.75) is 6.54 Å². The number of allylic oxidation sites excluding steroid dienone is 1. The SMILES string of the molecule is N#CC(C#N)=Cc1cn(Cc2ccc([125I])cc2)c2ccccc12. The van der Waals surface area contributed by atoms with E-state index in [1.165, 1.54) is 9.13 Å². The number of nitrogens with zero attached hydrogens (tertiary/aromatic N) is 3. The van der Waals surface area contributed by atoms with E-state index in [4.69, 9.17) is 10.5 Å². The van der Waals surface area contributed by atoms with Crippen LogP contribution in [0.3, 0.4) is 0 Å². The maximum Gasteiger partial charge on any atom is 0.130 e. The highest BCUT2D eigenvalue weighted by Crippen LogP contribution is 2.24. The van der Waals surface area contributed by atoms with Crippen molar-refractivity contribution in [3.63, 3.8) is 0 Å². The average molecular weight is 407 g/mol. The Kier molecular flexibility index (Phi) is 4.45. The molecule has 110 valence electrons. The van der Waals surface area contributed by atoms with Crippen LogP contribution in [-0.2, 0) is 6.54 Å². The maximum absolute atomic E-state index is 8.98. The Morgan fingerprint density at radius 2 is 1.74 bits per heavy atom. The van der Waals surface area contributed by atoms with Crippen molar-refractivity contribution in [3.8, 4) is 12.1 Å². The van der Waals surface area contributed by atoms with Crippen molar-refractivity contribution in [1.29, 1.82) is 10.5 Å². The molecule has 3 rings (SSSR count). The molecule has 4 heteroatoms. The fourth-order valence-electron chi connectivity index (χ4n) is 2.55. The van der Waals surface area contributed by atoms with Crippen LogP contribution < -0.4 is 0 Å². The van der Waals surface area contributed by atoms with Gasteiger partial charge in [-0.1, -0.05) is 30.3 Å². The molecule has 0 fully saturated rings. The highest BCUT2D eigenvalue weighted by molar-refractivity contribution is 14.1. The lowest BCUT2D eigenvalue weighted by atomic mass is 10.1. The van der Waals surface area contributed by atoms with Gasteiger partial charge in [0.05, 0.1) is 0 Å². The quantitative estimate of drug-likeness (QED) is 0.466. The lowest BCUT2D eigenvalue weighted by Crippen LogP contribution is -1.97. The molecule has 0 aliphatic heterocycles. The number of halogens is 1.